The Hall–Kier alpha value is -1.52. The van der Waals surface area contributed by atoms with E-state index >= 15 is 0 Å². The molecule has 0 bridgehead atoms. The van der Waals surface area contributed by atoms with Gasteiger partial charge in [-0.05, 0) is 58.3 Å². The number of rotatable bonds is 4. The average Bonchev–Trinajstić information content (AvgIpc) is 2.44. The maximum absolute atomic E-state index is 11.9. The predicted molar refractivity (Wildman–Crippen MR) is 85.5 cm³/mol. The standard InChI is InChI=1S/C17H29NO4/c1-17(2,3)22-16(20)18(4)12-14-8-6-13(7-9-14)10-11-15(19)21-5/h10-11,13-14H,6-9,12H2,1-5H3/b11-10+. The van der Waals surface area contributed by atoms with Gasteiger partial charge >= 0.3 is 12.1 Å². The molecule has 0 aromatic rings. The molecule has 1 fully saturated rings. The number of allylic oxidation sites excluding steroid dienone is 1. The minimum Gasteiger partial charge on any atom is -0.466 e. The van der Waals surface area contributed by atoms with E-state index in [4.69, 9.17) is 4.74 Å². The summed E-state index contributed by atoms with van der Waals surface area (Å²) >= 11 is 0. The molecule has 0 aliphatic heterocycles. The Labute approximate surface area is 133 Å². The van der Waals surface area contributed by atoms with E-state index in [1.165, 1.54) is 13.2 Å². The zero-order valence-electron chi connectivity index (χ0n) is 14.4. The van der Waals surface area contributed by atoms with Crippen molar-refractivity contribution in [1.82, 2.24) is 4.90 Å². The van der Waals surface area contributed by atoms with Gasteiger partial charge in [-0.3, -0.25) is 0 Å². The topological polar surface area (TPSA) is 55.8 Å². The van der Waals surface area contributed by atoms with Crippen molar-refractivity contribution in [3.05, 3.63) is 12.2 Å². The highest BCUT2D eigenvalue weighted by molar-refractivity contribution is 5.81. The van der Waals surface area contributed by atoms with E-state index in [-0.39, 0.29) is 12.1 Å². The van der Waals surface area contributed by atoms with E-state index < -0.39 is 5.60 Å². The molecule has 126 valence electrons. The Morgan fingerprint density at radius 1 is 1.18 bits per heavy atom. The number of carbonyl (C=O) groups is 2. The second kappa shape index (κ2) is 8.20. The molecular formula is C17H29NO4. The largest absolute Gasteiger partial charge is 0.466 e. The summed E-state index contributed by atoms with van der Waals surface area (Å²) < 4.78 is 9.96. The molecule has 0 saturated heterocycles. The van der Waals surface area contributed by atoms with Crippen molar-refractivity contribution in [1.29, 1.82) is 0 Å². The molecule has 1 saturated carbocycles. The monoisotopic (exact) mass is 311 g/mol. The predicted octanol–water partition coefficient (Wildman–Crippen LogP) is 3.39. The molecule has 0 aromatic carbocycles. The minimum atomic E-state index is -0.457. The molecule has 0 heterocycles. The van der Waals surface area contributed by atoms with Crippen LogP contribution in [-0.4, -0.2) is 43.3 Å². The van der Waals surface area contributed by atoms with E-state index in [2.05, 4.69) is 4.74 Å². The minimum absolute atomic E-state index is 0.264. The number of carbonyl (C=O) groups excluding carboxylic acids is 2. The summed E-state index contributed by atoms with van der Waals surface area (Å²) in [6.45, 7) is 6.34. The van der Waals surface area contributed by atoms with Crippen molar-refractivity contribution < 1.29 is 19.1 Å². The van der Waals surface area contributed by atoms with Crippen molar-refractivity contribution in [2.75, 3.05) is 20.7 Å². The van der Waals surface area contributed by atoms with E-state index in [0.717, 1.165) is 32.2 Å². The zero-order chi connectivity index (χ0) is 16.8. The van der Waals surface area contributed by atoms with Gasteiger partial charge in [0, 0.05) is 19.7 Å². The van der Waals surface area contributed by atoms with Gasteiger partial charge < -0.3 is 14.4 Å². The van der Waals surface area contributed by atoms with Gasteiger partial charge in [0.15, 0.2) is 0 Å². The molecule has 5 heteroatoms. The molecule has 0 aromatic heterocycles. The van der Waals surface area contributed by atoms with Crippen LogP contribution in [-0.2, 0) is 14.3 Å². The lowest BCUT2D eigenvalue weighted by Crippen LogP contribution is -2.37. The SMILES string of the molecule is COC(=O)/C=C/C1CCC(CN(C)C(=O)OC(C)(C)C)CC1. The van der Waals surface area contributed by atoms with E-state index in [1.807, 2.05) is 26.8 Å². The lowest BCUT2D eigenvalue weighted by Gasteiger charge is -2.31. The Kier molecular flexibility index (Phi) is 6.91. The number of esters is 1. The Bertz CT molecular complexity index is 403. The molecule has 22 heavy (non-hydrogen) atoms. The fraction of sp³-hybridized carbons (Fsp3) is 0.765. The number of hydrogen-bond acceptors (Lipinski definition) is 4. The summed E-state index contributed by atoms with van der Waals surface area (Å²) in [6, 6.07) is 0. The number of nitrogens with zero attached hydrogens (tertiary/aromatic N) is 1. The summed E-state index contributed by atoms with van der Waals surface area (Å²) in [6.07, 6.45) is 7.39. The first kappa shape index (κ1) is 18.5. The first-order valence-corrected chi connectivity index (χ1v) is 7.91. The van der Waals surface area contributed by atoms with Gasteiger partial charge in [-0.1, -0.05) is 6.08 Å². The second-order valence-corrected chi connectivity index (χ2v) is 7.02. The van der Waals surface area contributed by atoms with E-state index in [0.29, 0.717) is 11.8 Å². The van der Waals surface area contributed by atoms with Crippen LogP contribution in [0.15, 0.2) is 12.2 Å². The molecular weight excluding hydrogens is 282 g/mol. The molecule has 0 radical (unpaired) electrons. The van der Waals surface area contributed by atoms with Crippen molar-refractivity contribution in [3.63, 3.8) is 0 Å². The van der Waals surface area contributed by atoms with Gasteiger partial charge in [-0.15, -0.1) is 0 Å². The molecule has 1 aliphatic rings. The van der Waals surface area contributed by atoms with Gasteiger partial charge in [-0.25, -0.2) is 9.59 Å². The third-order valence-electron chi connectivity index (χ3n) is 3.83. The van der Waals surface area contributed by atoms with Crippen LogP contribution in [0.25, 0.3) is 0 Å². The smallest absolute Gasteiger partial charge is 0.410 e. The molecule has 0 spiro atoms. The van der Waals surface area contributed by atoms with Gasteiger partial charge in [0.25, 0.3) is 0 Å². The molecule has 1 amide bonds. The highest BCUT2D eigenvalue weighted by atomic mass is 16.6. The second-order valence-electron chi connectivity index (χ2n) is 7.02. The van der Waals surface area contributed by atoms with Crippen molar-refractivity contribution in [2.24, 2.45) is 11.8 Å². The maximum Gasteiger partial charge on any atom is 0.410 e. The first-order valence-electron chi connectivity index (χ1n) is 7.91. The lowest BCUT2D eigenvalue weighted by molar-refractivity contribution is -0.134. The summed E-state index contributed by atoms with van der Waals surface area (Å²) in [7, 11) is 3.17. The molecule has 0 N–H and O–H groups in total. The Morgan fingerprint density at radius 2 is 1.77 bits per heavy atom. The average molecular weight is 311 g/mol. The van der Waals surface area contributed by atoms with Crippen molar-refractivity contribution >= 4 is 12.1 Å². The van der Waals surface area contributed by atoms with Gasteiger partial charge in [-0.2, -0.15) is 0 Å². The van der Waals surface area contributed by atoms with Gasteiger partial charge in [0.2, 0.25) is 0 Å². The Morgan fingerprint density at radius 3 is 2.27 bits per heavy atom. The quantitative estimate of drug-likeness (QED) is 0.590. The fourth-order valence-electron chi connectivity index (χ4n) is 2.65. The fourth-order valence-corrected chi connectivity index (χ4v) is 2.65. The summed E-state index contributed by atoms with van der Waals surface area (Å²) in [5.74, 6) is 0.634. The van der Waals surface area contributed by atoms with Crippen LogP contribution in [0.3, 0.4) is 0 Å². The highest BCUT2D eigenvalue weighted by Gasteiger charge is 2.25. The number of ether oxygens (including phenoxy) is 2. The first-order chi connectivity index (χ1) is 10.2. The summed E-state index contributed by atoms with van der Waals surface area (Å²) in [5, 5.41) is 0. The van der Waals surface area contributed by atoms with Crippen molar-refractivity contribution in [2.45, 2.75) is 52.1 Å². The van der Waals surface area contributed by atoms with E-state index in [9.17, 15) is 9.59 Å². The third-order valence-corrected chi connectivity index (χ3v) is 3.83. The Balaban J connectivity index is 2.35. The number of amides is 1. The number of methoxy groups -OCH3 is 1. The van der Waals surface area contributed by atoms with Crippen LogP contribution in [0.5, 0.6) is 0 Å². The molecule has 0 atom stereocenters. The van der Waals surface area contributed by atoms with Gasteiger partial charge in [0.1, 0.15) is 5.60 Å². The molecule has 0 unspecified atom stereocenters. The van der Waals surface area contributed by atoms with Crippen LogP contribution in [0.1, 0.15) is 46.5 Å². The number of hydrogen-bond donors (Lipinski definition) is 0. The summed E-state index contributed by atoms with van der Waals surface area (Å²) in [5.41, 5.74) is -0.457. The van der Waals surface area contributed by atoms with Crippen LogP contribution >= 0.6 is 0 Å². The van der Waals surface area contributed by atoms with Crippen molar-refractivity contribution in [3.8, 4) is 0 Å². The zero-order valence-corrected chi connectivity index (χ0v) is 14.4. The summed E-state index contributed by atoms with van der Waals surface area (Å²) in [4.78, 5) is 24.7. The third kappa shape index (κ3) is 6.96. The lowest BCUT2D eigenvalue weighted by atomic mass is 9.81. The molecule has 1 aliphatic carbocycles. The van der Waals surface area contributed by atoms with Crippen LogP contribution in [0, 0.1) is 11.8 Å². The van der Waals surface area contributed by atoms with Crippen LogP contribution in [0.4, 0.5) is 4.79 Å². The molecule has 5 nitrogen and oxygen atoms in total. The van der Waals surface area contributed by atoms with Gasteiger partial charge in [0.05, 0.1) is 7.11 Å². The highest BCUT2D eigenvalue weighted by Crippen LogP contribution is 2.30. The normalized spacial score (nSPS) is 22.4. The van der Waals surface area contributed by atoms with Crippen LogP contribution < -0.4 is 0 Å². The molecule has 1 rings (SSSR count). The van der Waals surface area contributed by atoms with Crippen LogP contribution in [0.2, 0.25) is 0 Å². The maximum atomic E-state index is 11.9. The van der Waals surface area contributed by atoms with E-state index in [1.54, 1.807) is 11.9 Å².